The number of rotatable bonds is 2. The largest absolute Gasteiger partial charge is 0.418 e. The zero-order valence-electron chi connectivity index (χ0n) is 9.55. The zero-order valence-corrected chi connectivity index (χ0v) is 9.55. The van der Waals surface area contributed by atoms with Gasteiger partial charge in [-0.1, -0.05) is 19.1 Å². The summed E-state index contributed by atoms with van der Waals surface area (Å²) in [7, 11) is 0. The summed E-state index contributed by atoms with van der Waals surface area (Å²) in [5.74, 6) is 0.633. The molecule has 0 aliphatic heterocycles. The summed E-state index contributed by atoms with van der Waals surface area (Å²) in [6.07, 6.45) is 2.71. The SMILES string of the molecule is CCc1cccc(-c2nc3cccnc3o2)c1. The van der Waals surface area contributed by atoms with E-state index in [1.165, 1.54) is 5.56 Å². The predicted octanol–water partition coefficient (Wildman–Crippen LogP) is 3.45. The molecular weight excluding hydrogens is 212 g/mol. The Balaban J connectivity index is 2.13. The third-order valence-corrected chi connectivity index (χ3v) is 2.75. The molecular formula is C14H12N2O. The minimum atomic E-state index is 0.587. The van der Waals surface area contributed by atoms with Crippen molar-refractivity contribution in [1.82, 2.24) is 9.97 Å². The van der Waals surface area contributed by atoms with Crippen molar-refractivity contribution >= 4 is 11.2 Å². The van der Waals surface area contributed by atoms with E-state index in [1.807, 2.05) is 24.3 Å². The van der Waals surface area contributed by atoms with Crippen LogP contribution in [0.25, 0.3) is 22.7 Å². The summed E-state index contributed by atoms with van der Waals surface area (Å²) in [5.41, 5.74) is 3.66. The first-order valence-electron chi connectivity index (χ1n) is 5.67. The molecule has 3 aromatic rings. The lowest BCUT2D eigenvalue weighted by Gasteiger charge is -1.98. The molecule has 0 fully saturated rings. The summed E-state index contributed by atoms with van der Waals surface area (Å²) in [4.78, 5) is 8.57. The van der Waals surface area contributed by atoms with Crippen LogP contribution in [0.1, 0.15) is 12.5 Å². The molecule has 3 heteroatoms. The Morgan fingerprint density at radius 3 is 2.94 bits per heavy atom. The normalized spacial score (nSPS) is 10.9. The molecule has 0 atom stereocenters. The molecule has 3 nitrogen and oxygen atoms in total. The first-order chi connectivity index (χ1) is 8.36. The fraction of sp³-hybridized carbons (Fsp3) is 0.143. The summed E-state index contributed by atoms with van der Waals surface area (Å²) in [6, 6.07) is 12.0. The van der Waals surface area contributed by atoms with Crippen LogP contribution in [0.3, 0.4) is 0 Å². The maximum Gasteiger partial charge on any atom is 0.247 e. The van der Waals surface area contributed by atoms with Gasteiger partial charge in [0.15, 0.2) is 0 Å². The Hall–Kier alpha value is -2.16. The van der Waals surface area contributed by atoms with Crippen molar-refractivity contribution in [2.24, 2.45) is 0 Å². The predicted molar refractivity (Wildman–Crippen MR) is 66.6 cm³/mol. The van der Waals surface area contributed by atoms with E-state index in [9.17, 15) is 0 Å². The lowest BCUT2D eigenvalue weighted by molar-refractivity contribution is 0.608. The van der Waals surface area contributed by atoms with Gasteiger partial charge in [0, 0.05) is 11.8 Å². The maximum absolute atomic E-state index is 5.63. The van der Waals surface area contributed by atoms with Gasteiger partial charge >= 0.3 is 0 Å². The molecule has 0 aliphatic carbocycles. The molecule has 0 saturated heterocycles. The van der Waals surface area contributed by atoms with E-state index in [-0.39, 0.29) is 0 Å². The highest BCUT2D eigenvalue weighted by Gasteiger charge is 2.08. The average molecular weight is 224 g/mol. The second-order valence-electron chi connectivity index (χ2n) is 3.90. The van der Waals surface area contributed by atoms with Crippen molar-refractivity contribution in [1.29, 1.82) is 0 Å². The third-order valence-electron chi connectivity index (χ3n) is 2.75. The molecule has 0 aliphatic rings. The van der Waals surface area contributed by atoms with Gasteiger partial charge in [0.25, 0.3) is 0 Å². The monoisotopic (exact) mass is 224 g/mol. The molecule has 0 N–H and O–H groups in total. The smallest absolute Gasteiger partial charge is 0.247 e. The Bertz CT molecular complexity index is 625. The Morgan fingerprint density at radius 1 is 1.18 bits per heavy atom. The van der Waals surface area contributed by atoms with Gasteiger partial charge < -0.3 is 4.42 Å². The van der Waals surface area contributed by atoms with Crippen LogP contribution in [0.5, 0.6) is 0 Å². The van der Waals surface area contributed by atoms with Gasteiger partial charge in [-0.2, -0.15) is 0 Å². The van der Waals surface area contributed by atoms with Crippen molar-refractivity contribution in [3.8, 4) is 11.5 Å². The van der Waals surface area contributed by atoms with Crippen LogP contribution in [0.4, 0.5) is 0 Å². The van der Waals surface area contributed by atoms with Crippen LogP contribution < -0.4 is 0 Å². The lowest BCUT2D eigenvalue weighted by Crippen LogP contribution is -1.82. The molecule has 2 aromatic heterocycles. The molecule has 0 radical (unpaired) electrons. The first kappa shape index (κ1) is 10.0. The van der Waals surface area contributed by atoms with Gasteiger partial charge in [0.2, 0.25) is 11.6 Å². The highest BCUT2D eigenvalue weighted by Crippen LogP contribution is 2.23. The quantitative estimate of drug-likeness (QED) is 0.669. The number of pyridine rings is 1. The molecule has 0 amide bonds. The van der Waals surface area contributed by atoms with Crippen LogP contribution >= 0.6 is 0 Å². The van der Waals surface area contributed by atoms with Crippen molar-refractivity contribution in [2.75, 3.05) is 0 Å². The zero-order chi connectivity index (χ0) is 11.7. The number of aryl methyl sites for hydroxylation is 1. The topological polar surface area (TPSA) is 38.9 Å². The fourth-order valence-corrected chi connectivity index (χ4v) is 1.82. The maximum atomic E-state index is 5.63. The van der Waals surface area contributed by atoms with E-state index in [2.05, 4.69) is 29.0 Å². The molecule has 84 valence electrons. The number of fused-ring (bicyclic) bond motifs is 1. The van der Waals surface area contributed by atoms with E-state index in [1.54, 1.807) is 6.20 Å². The van der Waals surface area contributed by atoms with E-state index >= 15 is 0 Å². The molecule has 3 rings (SSSR count). The minimum Gasteiger partial charge on any atom is -0.418 e. The van der Waals surface area contributed by atoms with Gasteiger partial charge in [-0.15, -0.1) is 0 Å². The van der Waals surface area contributed by atoms with E-state index in [4.69, 9.17) is 4.42 Å². The fourth-order valence-electron chi connectivity index (χ4n) is 1.82. The second kappa shape index (κ2) is 4.01. The highest BCUT2D eigenvalue weighted by atomic mass is 16.4. The highest BCUT2D eigenvalue weighted by molar-refractivity contribution is 5.72. The van der Waals surface area contributed by atoms with Crippen molar-refractivity contribution in [2.45, 2.75) is 13.3 Å². The minimum absolute atomic E-state index is 0.587. The van der Waals surface area contributed by atoms with Gasteiger partial charge in [-0.3, -0.25) is 0 Å². The van der Waals surface area contributed by atoms with Gasteiger partial charge in [-0.05, 0) is 36.2 Å². The van der Waals surface area contributed by atoms with Crippen LogP contribution in [0.15, 0.2) is 47.0 Å². The molecule has 1 aromatic carbocycles. The number of aromatic nitrogens is 2. The number of nitrogens with zero attached hydrogens (tertiary/aromatic N) is 2. The number of hydrogen-bond acceptors (Lipinski definition) is 3. The second-order valence-corrected chi connectivity index (χ2v) is 3.90. The number of benzene rings is 1. The van der Waals surface area contributed by atoms with E-state index in [0.29, 0.717) is 11.6 Å². The van der Waals surface area contributed by atoms with Gasteiger partial charge in [-0.25, -0.2) is 9.97 Å². The molecule has 0 saturated carbocycles. The number of oxazole rings is 1. The molecule has 17 heavy (non-hydrogen) atoms. The van der Waals surface area contributed by atoms with E-state index in [0.717, 1.165) is 17.5 Å². The standard InChI is InChI=1S/C14H12N2O/c1-2-10-5-3-6-11(9-10)13-16-12-7-4-8-15-14(12)17-13/h3-9H,2H2,1H3. The van der Waals surface area contributed by atoms with E-state index < -0.39 is 0 Å². The van der Waals surface area contributed by atoms with Crippen LogP contribution in [0, 0.1) is 0 Å². The van der Waals surface area contributed by atoms with Crippen molar-refractivity contribution < 1.29 is 4.42 Å². The van der Waals surface area contributed by atoms with Crippen LogP contribution in [-0.4, -0.2) is 9.97 Å². The van der Waals surface area contributed by atoms with Gasteiger partial charge in [0.05, 0.1) is 0 Å². The Kier molecular flexibility index (Phi) is 2.37. The van der Waals surface area contributed by atoms with Crippen LogP contribution in [0.2, 0.25) is 0 Å². The summed E-state index contributed by atoms with van der Waals surface area (Å²) in [5, 5.41) is 0. The first-order valence-corrected chi connectivity index (χ1v) is 5.67. The Labute approximate surface area is 99.1 Å². The molecule has 2 heterocycles. The lowest BCUT2D eigenvalue weighted by atomic mass is 10.1. The molecule has 0 unspecified atom stereocenters. The molecule has 0 spiro atoms. The Morgan fingerprint density at radius 2 is 2.12 bits per heavy atom. The average Bonchev–Trinajstić information content (AvgIpc) is 2.82. The molecule has 0 bridgehead atoms. The van der Waals surface area contributed by atoms with Crippen molar-refractivity contribution in [3.05, 3.63) is 48.2 Å². The summed E-state index contributed by atoms with van der Waals surface area (Å²) in [6.45, 7) is 2.13. The summed E-state index contributed by atoms with van der Waals surface area (Å²) < 4.78 is 5.63. The van der Waals surface area contributed by atoms with Crippen LogP contribution in [-0.2, 0) is 6.42 Å². The summed E-state index contributed by atoms with van der Waals surface area (Å²) >= 11 is 0. The third kappa shape index (κ3) is 1.80. The van der Waals surface area contributed by atoms with Crippen molar-refractivity contribution in [3.63, 3.8) is 0 Å². The number of hydrogen-bond donors (Lipinski definition) is 0. The van der Waals surface area contributed by atoms with Gasteiger partial charge in [0.1, 0.15) is 5.52 Å².